The third-order valence-corrected chi connectivity index (χ3v) is 9.34. The summed E-state index contributed by atoms with van der Waals surface area (Å²) in [5, 5.41) is 3.45. The summed E-state index contributed by atoms with van der Waals surface area (Å²) in [6.07, 6.45) is 4.71. The van der Waals surface area contributed by atoms with Crippen molar-refractivity contribution in [3.63, 3.8) is 0 Å². The Morgan fingerprint density at radius 1 is 1.09 bits per heavy atom. The van der Waals surface area contributed by atoms with Gasteiger partial charge in [-0.25, -0.2) is 13.4 Å². The van der Waals surface area contributed by atoms with E-state index >= 15 is 0 Å². The van der Waals surface area contributed by atoms with Crippen molar-refractivity contribution in [3.05, 3.63) is 64.5 Å². The van der Waals surface area contributed by atoms with Crippen molar-refractivity contribution < 1.29 is 13.2 Å². The lowest BCUT2D eigenvalue weighted by Gasteiger charge is -2.32. The second-order valence-corrected chi connectivity index (χ2v) is 11.4. The molecule has 1 amide bonds. The quantitative estimate of drug-likeness (QED) is 0.602. The van der Waals surface area contributed by atoms with Crippen LogP contribution in [-0.2, 0) is 22.9 Å². The number of hydrogen-bond acceptors (Lipinski definition) is 5. The fourth-order valence-corrected chi connectivity index (χ4v) is 7.18. The van der Waals surface area contributed by atoms with E-state index in [-0.39, 0.29) is 16.8 Å². The summed E-state index contributed by atoms with van der Waals surface area (Å²) in [4.78, 5) is 18.9. The number of sulfonamides is 1. The maximum absolute atomic E-state index is 13.0. The number of carbonyl (C=O) groups excluding carboxylic acids is 1. The van der Waals surface area contributed by atoms with Crippen LogP contribution < -0.4 is 5.32 Å². The maximum atomic E-state index is 13.0. The van der Waals surface area contributed by atoms with Crippen LogP contribution in [-0.4, -0.2) is 36.2 Å². The number of anilines is 1. The Labute approximate surface area is 192 Å². The monoisotopic (exact) mass is 467 g/mol. The number of nitrogens with one attached hydrogen (secondary N) is 1. The maximum Gasteiger partial charge on any atom is 0.257 e. The molecule has 1 aromatic heterocycles. The minimum Gasteiger partial charge on any atom is -0.298 e. The van der Waals surface area contributed by atoms with E-state index in [1.165, 1.54) is 33.9 Å². The van der Waals surface area contributed by atoms with Crippen LogP contribution in [0.3, 0.4) is 0 Å². The summed E-state index contributed by atoms with van der Waals surface area (Å²) in [6, 6.07) is 14.4. The summed E-state index contributed by atoms with van der Waals surface area (Å²) in [5.74, 6) is -0.292. The Balaban J connectivity index is 1.33. The van der Waals surface area contributed by atoms with Gasteiger partial charge in [-0.2, -0.15) is 4.31 Å². The van der Waals surface area contributed by atoms with Crippen molar-refractivity contribution in [2.75, 3.05) is 11.9 Å². The fraction of sp³-hybridized carbons (Fsp3) is 0.333. The van der Waals surface area contributed by atoms with E-state index in [9.17, 15) is 13.2 Å². The highest BCUT2D eigenvalue weighted by Crippen LogP contribution is 2.38. The summed E-state index contributed by atoms with van der Waals surface area (Å²) < 4.78 is 27.6. The number of aryl methyl sites for hydroxylation is 2. The van der Waals surface area contributed by atoms with Crippen LogP contribution in [0, 0.1) is 0 Å². The molecule has 0 radical (unpaired) electrons. The first-order valence-corrected chi connectivity index (χ1v) is 13.2. The van der Waals surface area contributed by atoms with Gasteiger partial charge in [0.2, 0.25) is 10.0 Å². The molecule has 0 bridgehead atoms. The summed E-state index contributed by atoms with van der Waals surface area (Å²) in [7, 11) is -3.55. The van der Waals surface area contributed by atoms with E-state index in [0.717, 1.165) is 43.4 Å². The minimum absolute atomic E-state index is 0.00204. The molecule has 0 spiro atoms. The molecule has 1 saturated heterocycles. The van der Waals surface area contributed by atoms with E-state index in [0.29, 0.717) is 17.2 Å². The smallest absolute Gasteiger partial charge is 0.257 e. The number of nitrogens with zero attached hydrogens (tertiary/aromatic N) is 2. The molecule has 1 N–H and O–H groups in total. The number of thiazole rings is 1. The molecule has 166 valence electrons. The third-order valence-electron chi connectivity index (χ3n) is 6.28. The second-order valence-electron chi connectivity index (χ2n) is 8.39. The van der Waals surface area contributed by atoms with E-state index in [2.05, 4.69) is 22.4 Å². The van der Waals surface area contributed by atoms with Crippen LogP contribution in [0.5, 0.6) is 0 Å². The number of rotatable bonds is 4. The average molecular weight is 468 g/mol. The molecule has 6 nitrogen and oxygen atoms in total. The van der Waals surface area contributed by atoms with Crippen LogP contribution in [0.25, 0.3) is 11.3 Å². The van der Waals surface area contributed by atoms with Crippen LogP contribution in [0.2, 0.25) is 0 Å². The Morgan fingerprint density at radius 2 is 1.88 bits per heavy atom. The topological polar surface area (TPSA) is 79.4 Å². The van der Waals surface area contributed by atoms with Gasteiger partial charge in [0.1, 0.15) is 0 Å². The van der Waals surface area contributed by atoms with Crippen molar-refractivity contribution in [2.24, 2.45) is 0 Å². The molecular formula is C24H25N3O3S2. The van der Waals surface area contributed by atoms with Crippen molar-refractivity contribution in [2.45, 2.75) is 50.0 Å². The molecule has 1 fully saturated rings. The van der Waals surface area contributed by atoms with Crippen LogP contribution in [0.4, 0.5) is 5.13 Å². The molecular weight excluding hydrogens is 442 g/mol. The lowest BCUT2D eigenvalue weighted by molar-refractivity contribution is 0.102. The molecule has 0 saturated carbocycles. The number of fused-ring (bicyclic) bond motifs is 3. The zero-order valence-corrected chi connectivity index (χ0v) is 19.5. The molecule has 8 heteroatoms. The predicted molar refractivity (Wildman–Crippen MR) is 127 cm³/mol. The number of benzene rings is 2. The second kappa shape index (κ2) is 8.42. The van der Waals surface area contributed by atoms with Gasteiger partial charge in [0.05, 0.1) is 10.6 Å². The largest absolute Gasteiger partial charge is 0.298 e. The zero-order chi connectivity index (χ0) is 22.3. The van der Waals surface area contributed by atoms with E-state index < -0.39 is 10.0 Å². The van der Waals surface area contributed by atoms with E-state index in [1.54, 1.807) is 16.4 Å². The molecule has 2 aliphatic rings. The van der Waals surface area contributed by atoms with Crippen molar-refractivity contribution >= 4 is 32.4 Å². The molecule has 1 aliphatic carbocycles. The number of amides is 1. The first kappa shape index (κ1) is 21.3. The zero-order valence-electron chi connectivity index (χ0n) is 17.9. The molecule has 1 atom stereocenters. The minimum atomic E-state index is -3.55. The SMILES string of the molecule is C[C@@H]1CCCCN1S(=O)(=O)c1ccc(C(=O)Nc2nc3c(s2)CCc2ccccc2-3)cc1. The van der Waals surface area contributed by atoms with Gasteiger partial charge in [-0.3, -0.25) is 10.1 Å². The van der Waals surface area contributed by atoms with Gasteiger partial charge in [0, 0.05) is 28.6 Å². The first-order chi connectivity index (χ1) is 15.4. The predicted octanol–water partition coefficient (Wildman–Crippen LogP) is 4.72. The molecule has 3 aromatic rings. The van der Waals surface area contributed by atoms with Crippen molar-refractivity contribution in [3.8, 4) is 11.3 Å². The summed E-state index contributed by atoms with van der Waals surface area (Å²) >= 11 is 1.50. The third kappa shape index (κ3) is 3.87. The van der Waals surface area contributed by atoms with Gasteiger partial charge >= 0.3 is 0 Å². The van der Waals surface area contributed by atoms with E-state index in [1.807, 2.05) is 19.1 Å². The number of carbonyl (C=O) groups is 1. The Morgan fingerprint density at radius 3 is 2.66 bits per heavy atom. The lowest BCUT2D eigenvalue weighted by atomic mass is 9.94. The normalized spacial score (nSPS) is 18.6. The van der Waals surface area contributed by atoms with Gasteiger partial charge < -0.3 is 0 Å². The van der Waals surface area contributed by atoms with Gasteiger partial charge in [0.25, 0.3) is 5.91 Å². The Hall–Kier alpha value is -2.55. The molecule has 0 unspecified atom stereocenters. The van der Waals surface area contributed by atoms with Gasteiger partial charge in [-0.1, -0.05) is 30.7 Å². The van der Waals surface area contributed by atoms with Crippen LogP contribution >= 0.6 is 11.3 Å². The Kier molecular flexibility index (Phi) is 5.61. The molecule has 1 aliphatic heterocycles. The number of hydrogen-bond donors (Lipinski definition) is 1. The molecule has 32 heavy (non-hydrogen) atoms. The van der Waals surface area contributed by atoms with Gasteiger partial charge in [-0.05, 0) is 62.4 Å². The van der Waals surface area contributed by atoms with Gasteiger partial charge in [-0.15, -0.1) is 11.3 Å². The van der Waals surface area contributed by atoms with Crippen molar-refractivity contribution in [1.29, 1.82) is 0 Å². The number of aromatic nitrogens is 1. The molecule has 2 aromatic carbocycles. The number of piperidine rings is 1. The molecule has 2 heterocycles. The standard InChI is InChI=1S/C24H25N3O3S2/c1-16-6-4-5-15-27(16)32(29,30)19-12-9-18(10-13-19)23(28)26-24-25-22-20-8-3-2-7-17(20)11-14-21(22)31-24/h2-3,7-10,12-13,16H,4-6,11,14-15H2,1H3,(H,25,26,28)/t16-/m1/s1. The highest BCUT2D eigenvalue weighted by atomic mass is 32.2. The highest BCUT2D eigenvalue weighted by molar-refractivity contribution is 7.89. The fourth-order valence-electron chi connectivity index (χ4n) is 4.51. The molecule has 5 rings (SSSR count). The van der Waals surface area contributed by atoms with Crippen LogP contribution in [0.15, 0.2) is 53.4 Å². The average Bonchev–Trinajstić information content (AvgIpc) is 3.22. The Bertz CT molecular complexity index is 1270. The van der Waals surface area contributed by atoms with Gasteiger partial charge in [0.15, 0.2) is 5.13 Å². The van der Waals surface area contributed by atoms with E-state index in [4.69, 9.17) is 0 Å². The summed E-state index contributed by atoms with van der Waals surface area (Å²) in [6.45, 7) is 2.49. The summed E-state index contributed by atoms with van der Waals surface area (Å²) in [5.41, 5.74) is 3.77. The van der Waals surface area contributed by atoms with Crippen LogP contribution in [0.1, 0.15) is 47.0 Å². The highest BCUT2D eigenvalue weighted by Gasteiger charge is 2.31. The van der Waals surface area contributed by atoms with Crippen molar-refractivity contribution in [1.82, 2.24) is 9.29 Å². The lowest BCUT2D eigenvalue weighted by Crippen LogP contribution is -2.41. The first-order valence-electron chi connectivity index (χ1n) is 10.9.